The van der Waals surface area contributed by atoms with Crippen molar-refractivity contribution in [2.24, 2.45) is 30.7 Å². The molecule has 7 heteroatoms. The van der Waals surface area contributed by atoms with Crippen molar-refractivity contribution in [3.63, 3.8) is 0 Å². The highest BCUT2D eigenvalue weighted by Gasteiger charge is 2.06. The molecule has 0 aliphatic carbocycles. The summed E-state index contributed by atoms with van der Waals surface area (Å²) in [5.74, 6) is 0. The third-order valence-corrected chi connectivity index (χ3v) is 7.29. The fraction of sp³-hybridized carbons (Fsp3) is 0.222. The van der Waals surface area contributed by atoms with Crippen molar-refractivity contribution in [3.05, 3.63) is 115 Å². The number of unbranched alkanes of at least 4 members (excludes halogenated alkanes) is 1. The van der Waals surface area contributed by atoms with Crippen molar-refractivity contribution in [1.29, 1.82) is 0 Å². The highest BCUT2D eigenvalue weighted by molar-refractivity contribution is 5.99. The Morgan fingerprint density at radius 1 is 0.465 bits per heavy atom. The summed E-state index contributed by atoms with van der Waals surface area (Å²) in [6.45, 7) is 8.46. The number of aryl methyl sites for hydroxylation is 1. The molecule has 7 nitrogen and oxygen atoms in total. The standard InChI is InChI=1S/C36H37N7/c1-4-7-10-27-13-15-28(16-14-27)37-38-29-17-19-30(20-18-29)39-41-35-25-26-36(34-12-9-8-11-33(34)35)42-40-31-21-23-32(24-22-31)43(5-2)6-3/h8-9,11-26H,4-7,10H2,1-3H3/b38-37+,41-39+,42-40+. The van der Waals surface area contributed by atoms with Gasteiger partial charge in [0.1, 0.15) is 0 Å². The van der Waals surface area contributed by atoms with Crippen molar-refractivity contribution >= 4 is 50.6 Å². The Morgan fingerprint density at radius 2 is 0.884 bits per heavy atom. The van der Waals surface area contributed by atoms with Crippen LogP contribution in [0.15, 0.2) is 140 Å². The van der Waals surface area contributed by atoms with E-state index in [4.69, 9.17) is 0 Å². The summed E-state index contributed by atoms with van der Waals surface area (Å²) in [5.41, 5.74) is 7.22. The third kappa shape index (κ3) is 7.83. The summed E-state index contributed by atoms with van der Waals surface area (Å²) >= 11 is 0. The zero-order valence-electron chi connectivity index (χ0n) is 25.1. The fourth-order valence-corrected chi connectivity index (χ4v) is 4.80. The number of hydrogen-bond donors (Lipinski definition) is 0. The Balaban J connectivity index is 1.27. The van der Waals surface area contributed by atoms with Gasteiger partial charge in [0.25, 0.3) is 0 Å². The maximum atomic E-state index is 4.56. The molecule has 5 rings (SSSR count). The van der Waals surface area contributed by atoms with Gasteiger partial charge in [0.2, 0.25) is 0 Å². The summed E-state index contributed by atoms with van der Waals surface area (Å²) in [7, 11) is 0. The SMILES string of the molecule is CCCCc1ccc(/N=N/c2ccc(/N=N/c3ccc(/N=N/c4ccc(N(CC)CC)cc4)c4ccccc34)cc2)cc1. The second-order valence-electron chi connectivity index (χ2n) is 10.2. The van der Waals surface area contributed by atoms with Crippen LogP contribution >= 0.6 is 0 Å². The van der Waals surface area contributed by atoms with Gasteiger partial charge in [-0.05, 0) is 105 Å². The molecule has 0 saturated carbocycles. The predicted octanol–water partition coefficient (Wildman–Crippen LogP) is 12.3. The molecule has 0 radical (unpaired) electrons. The van der Waals surface area contributed by atoms with Gasteiger partial charge in [-0.2, -0.15) is 20.5 Å². The van der Waals surface area contributed by atoms with Crippen molar-refractivity contribution < 1.29 is 0 Å². The molecule has 5 aromatic rings. The Morgan fingerprint density at radius 3 is 1.33 bits per heavy atom. The van der Waals surface area contributed by atoms with Crippen molar-refractivity contribution in [2.45, 2.75) is 40.0 Å². The van der Waals surface area contributed by atoms with Gasteiger partial charge in [-0.3, -0.25) is 0 Å². The van der Waals surface area contributed by atoms with Crippen molar-refractivity contribution in [2.75, 3.05) is 18.0 Å². The van der Waals surface area contributed by atoms with Gasteiger partial charge in [-0.15, -0.1) is 10.2 Å². The Hall–Kier alpha value is -5.04. The lowest BCUT2D eigenvalue weighted by atomic mass is 10.1. The molecular formula is C36H37N7. The number of anilines is 1. The summed E-state index contributed by atoms with van der Waals surface area (Å²) in [4.78, 5) is 2.30. The Labute approximate surface area is 253 Å². The molecule has 0 fully saturated rings. The molecule has 0 amide bonds. The fourth-order valence-electron chi connectivity index (χ4n) is 4.80. The normalized spacial score (nSPS) is 11.8. The lowest BCUT2D eigenvalue weighted by molar-refractivity contribution is 0.795. The van der Waals surface area contributed by atoms with Crippen molar-refractivity contribution in [1.82, 2.24) is 0 Å². The summed E-state index contributed by atoms with van der Waals surface area (Å²) in [6, 6.07) is 35.9. The van der Waals surface area contributed by atoms with Crippen molar-refractivity contribution in [3.8, 4) is 0 Å². The molecule has 0 spiro atoms. The molecule has 0 aliphatic rings. The molecule has 0 saturated heterocycles. The Kier molecular flexibility index (Phi) is 10.1. The van der Waals surface area contributed by atoms with E-state index in [2.05, 4.69) is 80.6 Å². The van der Waals surface area contributed by atoms with Crippen LogP contribution in [0.3, 0.4) is 0 Å². The average Bonchev–Trinajstić information content (AvgIpc) is 3.07. The molecule has 0 bridgehead atoms. The number of benzene rings is 5. The second-order valence-corrected chi connectivity index (χ2v) is 10.2. The summed E-state index contributed by atoms with van der Waals surface area (Å²) < 4.78 is 0. The van der Waals surface area contributed by atoms with Gasteiger partial charge in [-0.25, -0.2) is 0 Å². The molecule has 0 atom stereocenters. The van der Waals surface area contributed by atoms with E-state index < -0.39 is 0 Å². The van der Waals surface area contributed by atoms with E-state index in [1.807, 2.05) is 84.9 Å². The number of azo groups is 3. The Bertz CT molecular complexity index is 1700. The van der Waals surface area contributed by atoms with E-state index in [0.29, 0.717) is 0 Å². The minimum absolute atomic E-state index is 0.736. The van der Waals surface area contributed by atoms with Gasteiger partial charge in [0.05, 0.1) is 34.1 Å². The monoisotopic (exact) mass is 567 g/mol. The van der Waals surface area contributed by atoms with Gasteiger partial charge in [-0.1, -0.05) is 49.7 Å². The smallest absolute Gasteiger partial charge is 0.0936 e. The van der Waals surface area contributed by atoms with E-state index in [0.717, 1.165) is 64.4 Å². The predicted molar refractivity (Wildman–Crippen MR) is 178 cm³/mol. The van der Waals surface area contributed by atoms with Gasteiger partial charge < -0.3 is 4.90 Å². The molecule has 0 aliphatic heterocycles. The summed E-state index contributed by atoms with van der Waals surface area (Å²) in [5, 5.41) is 28.8. The average molecular weight is 568 g/mol. The molecule has 5 aromatic carbocycles. The van der Waals surface area contributed by atoms with Crippen LogP contribution in [0.1, 0.15) is 39.2 Å². The molecule has 0 unspecified atom stereocenters. The van der Waals surface area contributed by atoms with E-state index in [1.54, 1.807) is 0 Å². The van der Waals surface area contributed by atoms with Crippen LogP contribution in [0.25, 0.3) is 10.8 Å². The first kappa shape index (κ1) is 29.5. The van der Waals surface area contributed by atoms with Crippen LogP contribution in [0.4, 0.5) is 39.8 Å². The van der Waals surface area contributed by atoms with Crippen LogP contribution < -0.4 is 4.90 Å². The van der Waals surface area contributed by atoms with Crippen LogP contribution in [0.5, 0.6) is 0 Å². The van der Waals surface area contributed by atoms with Crippen LogP contribution in [0, 0.1) is 0 Å². The minimum Gasteiger partial charge on any atom is -0.372 e. The van der Waals surface area contributed by atoms with Crippen LogP contribution in [-0.2, 0) is 6.42 Å². The zero-order chi connectivity index (χ0) is 29.9. The highest BCUT2D eigenvalue weighted by Crippen LogP contribution is 2.35. The third-order valence-electron chi connectivity index (χ3n) is 7.29. The topological polar surface area (TPSA) is 77.4 Å². The molecule has 216 valence electrons. The first-order valence-electron chi connectivity index (χ1n) is 15.0. The first-order valence-corrected chi connectivity index (χ1v) is 15.0. The van der Waals surface area contributed by atoms with Gasteiger partial charge in [0, 0.05) is 29.5 Å². The lowest BCUT2D eigenvalue weighted by Gasteiger charge is -2.20. The second kappa shape index (κ2) is 14.7. The lowest BCUT2D eigenvalue weighted by Crippen LogP contribution is -2.21. The first-order chi connectivity index (χ1) is 21.2. The number of hydrogen-bond acceptors (Lipinski definition) is 7. The summed E-state index contributed by atoms with van der Waals surface area (Å²) in [6.07, 6.45) is 3.49. The number of fused-ring (bicyclic) bond motifs is 1. The highest BCUT2D eigenvalue weighted by atomic mass is 15.1. The molecular weight excluding hydrogens is 530 g/mol. The molecule has 43 heavy (non-hydrogen) atoms. The number of rotatable bonds is 12. The zero-order valence-corrected chi connectivity index (χ0v) is 25.1. The van der Waals surface area contributed by atoms with Crippen LogP contribution in [-0.4, -0.2) is 13.1 Å². The molecule has 0 aromatic heterocycles. The largest absolute Gasteiger partial charge is 0.372 e. The quantitative estimate of drug-likeness (QED) is 0.138. The number of nitrogens with zero attached hydrogens (tertiary/aromatic N) is 7. The minimum atomic E-state index is 0.736. The van der Waals surface area contributed by atoms with Crippen LogP contribution in [0.2, 0.25) is 0 Å². The van der Waals surface area contributed by atoms with Gasteiger partial charge >= 0.3 is 0 Å². The van der Waals surface area contributed by atoms with E-state index in [9.17, 15) is 0 Å². The maximum absolute atomic E-state index is 4.56. The van der Waals surface area contributed by atoms with E-state index in [1.165, 1.54) is 24.1 Å². The maximum Gasteiger partial charge on any atom is 0.0936 e. The molecule has 0 heterocycles. The molecule has 0 N–H and O–H groups in total. The van der Waals surface area contributed by atoms with E-state index in [-0.39, 0.29) is 0 Å². The van der Waals surface area contributed by atoms with E-state index >= 15 is 0 Å². The van der Waals surface area contributed by atoms with Gasteiger partial charge in [0.15, 0.2) is 0 Å².